The molecule has 0 bridgehead atoms. The van der Waals surface area contributed by atoms with Crippen LogP contribution in [0.1, 0.15) is 19.8 Å². The van der Waals surface area contributed by atoms with E-state index in [0.717, 1.165) is 11.3 Å². The second-order valence-corrected chi connectivity index (χ2v) is 4.54. The maximum Gasteiger partial charge on any atom is 0.416 e. The van der Waals surface area contributed by atoms with E-state index in [0.29, 0.717) is 19.6 Å². The molecule has 2 aliphatic rings. The predicted molar refractivity (Wildman–Crippen MR) is 64.3 cm³/mol. The Hall–Kier alpha value is -1.63. The smallest absolute Gasteiger partial charge is 0.416 e. The van der Waals surface area contributed by atoms with Crippen molar-refractivity contribution in [3.63, 3.8) is 0 Å². The van der Waals surface area contributed by atoms with Crippen LogP contribution in [0.4, 0.5) is 4.79 Å². The van der Waals surface area contributed by atoms with Gasteiger partial charge in [-0.05, 0) is 26.3 Å². The fourth-order valence-corrected chi connectivity index (χ4v) is 2.40. The van der Waals surface area contributed by atoms with E-state index in [2.05, 4.69) is 0 Å². The third-order valence-electron chi connectivity index (χ3n) is 3.32. The van der Waals surface area contributed by atoms with Crippen molar-refractivity contribution in [1.82, 2.24) is 9.80 Å². The Labute approximate surface area is 111 Å². The van der Waals surface area contributed by atoms with Crippen LogP contribution in [0.25, 0.3) is 0 Å². The number of imide groups is 1. The molecule has 0 aromatic heterocycles. The summed E-state index contributed by atoms with van der Waals surface area (Å²) in [5.74, 6) is -0.615. The third-order valence-corrected chi connectivity index (χ3v) is 3.32. The van der Waals surface area contributed by atoms with Gasteiger partial charge in [0.25, 0.3) is 0 Å². The Kier molecular flexibility index (Phi) is 4.36. The zero-order valence-electron chi connectivity index (χ0n) is 11.0. The molecule has 0 aromatic carbocycles. The molecule has 1 atom stereocenters. The molecule has 106 valence electrons. The molecule has 2 heterocycles. The summed E-state index contributed by atoms with van der Waals surface area (Å²) in [7, 11) is 0. The molecule has 0 radical (unpaired) electrons. The van der Waals surface area contributed by atoms with Crippen LogP contribution in [0.15, 0.2) is 0 Å². The van der Waals surface area contributed by atoms with Gasteiger partial charge in [-0.3, -0.25) is 14.5 Å². The molecular weight excluding hydrogens is 252 g/mol. The van der Waals surface area contributed by atoms with Gasteiger partial charge in [0.1, 0.15) is 12.6 Å². The van der Waals surface area contributed by atoms with E-state index >= 15 is 0 Å². The van der Waals surface area contributed by atoms with E-state index in [1.807, 2.05) is 0 Å². The van der Waals surface area contributed by atoms with Crippen LogP contribution in [-0.4, -0.2) is 66.7 Å². The molecule has 2 fully saturated rings. The summed E-state index contributed by atoms with van der Waals surface area (Å²) in [5, 5.41) is 0. The minimum absolute atomic E-state index is 0.0541. The first-order chi connectivity index (χ1) is 9.13. The first kappa shape index (κ1) is 13.8. The van der Waals surface area contributed by atoms with E-state index in [-0.39, 0.29) is 37.6 Å². The summed E-state index contributed by atoms with van der Waals surface area (Å²) >= 11 is 0. The van der Waals surface area contributed by atoms with Gasteiger partial charge in [0.05, 0.1) is 19.7 Å². The number of ether oxygens (including phenoxy) is 2. The standard InChI is InChI=1S/C12H18N2O5/c1-2-18-11(16)9-4-3-5-13(9)8-10(15)14-6-7-19-12(14)17/h9H,2-8H2,1H3. The van der Waals surface area contributed by atoms with Gasteiger partial charge in [0.15, 0.2) is 0 Å². The fourth-order valence-electron chi connectivity index (χ4n) is 2.40. The summed E-state index contributed by atoms with van der Waals surface area (Å²) in [6, 6.07) is -0.373. The number of likely N-dealkylation sites (tertiary alicyclic amines) is 1. The summed E-state index contributed by atoms with van der Waals surface area (Å²) in [6.07, 6.45) is 0.939. The molecule has 19 heavy (non-hydrogen) atoms. The van der Waals surface area contributed by atoms with Crippen molar-refractivity contribution in [1.29, 1.82) is 0 Å². The van der Waals surface area contributed by atoms with Gasteiger partial charge in [-0.2, -0.15) is 0 Å². The first-order valence-electron chi connectivity index (χ1n) is 6.51. The minimum Gasteiger partial charge on any atom is -0.465 e. The normalized spacial score (nSPS) is 23.5. The number of nitrogens with zero attached hydrogens (tertiary/aromatic N) is 2. The molecule has 2 amide bonds. The topological polar surface area (TPSA) is 76.2 Å². The van der Waals surface area contributed by atoms with Crippen molar-refractivity contribution in [2.45, 2.75) is 25.8 Å². The first-order valence-corrected chi connectivity index (χ1v) is 6.51. The van der Waals surface area contributed by atoms with Crippen LogP contribution >= 0.6 is 0 Å². The maximum atomic E-state index is 12.0. The van der Waals surface area contributed by atoms with Crippen molar-refractivity contribution in [3.05, 3.63) is 0 Å². The molecule has 0 aromatic rings. The Morgan fingerprint density at radius 1 is 1.42 bits per heavy atom. The van der Waals surface area contributed by atoms with Crippen molar-refractivity contribution in [2.75, 3.05) is 32.8 Å². The Bertz CT molecular complexity index is 384. The van der Waals surface area contributed by atoms with E-state index in [1.165, 1.54) is 0 Å². The van der Waals surface area contributed by atoms with Crippen LogP contribution in [0.2, 0.25) is 0 Å². The van der Waals surface area contributed by atoms with E-state index in [4.69, 9.17) is 9.47 Å². The van der Waals surface area contributed by atoms with Gasteiger partial charge in [-0.1, -0.05) is 0 Å². The number of esters is 1. The molecule has 0 N–H and O–H groups in total. The van der Waals surface area contributed by atoms with E-state index in [1.54, 1.807) is 11.8 Å². The minimum atomic E-state index is -0.600. The van der Waals surface area contributed by atoms with Gasteiger partial charge in [0.2, 0.25) is 5.91 Å². The summed E-state index contributed by atoms with van der Waals surface area (Å²) in [4.78, 5) is 37.8. The van der Waals surface area contributed by atoms with Crippen molar-refractivity contribution in [2.24, 2.45) is 0 Å². The molecule has 7 heteroatoms. The molecule has 0 spiro atoms. The molecule has 2 saturated heterocycles. The number of hydrogen-bond acceptors (Lipinski definition) is 6. The summed E-state index contributed by atoms with van der Waals surface area (Å²) in [5.41, 5.74) is 0. The van der Waals surface area contributed by atoms with Gasteiger partial charge >= 0.3 is 12.1 Å². The molecule has 0 saturated carbocycles. The summed E-state index contributed by atoms with van der Waals surface area (Å²) in [6.45, 7) is 3.33. The van der Waals surface area contributed by atoms with Crippen molar-refractivity contribution in [3.8, 4) is 0 Å². The lowest BCUT2D eigenvalue weighted by Gasteiger charge is -2.23. The number of rotatable bonds is 4. The highest BCUT2D eigenvalue weighted by Gasteiger charge is 2.36. The van der Waals surface area contributed by atoms with Gasteiger partial charge < -0.3 is 9.47 Å². The van der Waals surface area contributed by atoms with E-state index in [9.17, 15) is 14.4 Å². The largest absolute Gasteiger partial charge is 0.465 e. The fraction of sp³-hybridized carbons (Fsp3) is 0.750. The number of carbonyl (C=O) groups excluding carboxylic acids is 3. The summed E-state index contributed by atoms with van der Waals surface area (Å²) < 4.78 is 9.71. The lowest BCUT2D eigenvalue weighted by Crippen LogP contribution is -2.45. The van der Waals surface area contributed by atoms with Gasteiger partial charge in [-0.15, -0.1) is 0 Å². The number of carbonyl (C=O) groups is 3. The zero-order chi connectivity index (χ0) is 13.8. The SMILES string of the molecule is CCOC(=O)C1CCCN1CC(=O)N1CCOC1=O. The highest BCUT2D eigenvalue weighted by Crippen LogP contribution is 2.19. The lowest BCUT2D eigenvalue weighted by molar-refractivity contribution is -0.149. The van der Waals surface area contributed by atoms with Gasteiger partial charge in [-0.25, -0.2) is 9.69 Å². The average molecular weight is 270 g/mol. The maximum absolute atomic E-state index is 12.0. The molecule has 0 aliphatic carbocycles. The van der Waals surface area contributed by atoms with Crippen molar-refractivity contribution >= 4 is 18.0 Å². The average Bonchev–Trinajstić information content (AvgIpc) is 2.98. The Morgan fingerprint density at radius 2 is 2.21 bits per heavy atom. The monoisotopic (exact) mass is 270 g/mol. The molecule has 7 nitrogen and oxygen atoms in total. The van der Waals surface area contributed by atoms with Crippen LogP contribution in [0.5, 0.6) is 0 Å². The van der Waals surface area contributed by atoms with Crippen LogP contribution in [0, 0.1) is 0 Å². The zero-order valence-corrected chi connectivity index (χ0v) is 11.0. The van der Waals surface area contributed by atoms with E-state index < -0.39 is 6.09 Å². The Morgan fingerprint density at radius 3 is 2.84 bits per heavy atom. The quantitative estimate of drug-likeness (QED) is 0.669. The third kappa shape index (κ3) is 3.04. The Balaban J connectivity index is 1.92. The second kappa shape index (κ2) is 6.01. The number of hydrogen-bond donors (Lipinski definition) is 0. The molecule has 2 rings (SSSR count). The molecular formula is C12H18N2O5. The molecule has 2 aliphatic heterocycles. The van der Waals surface area contributed by atoms with Crippen molar-refractivity contribution < 1.29 is 23.9 Å². The van der Waals surface area contributed by atoms with Crippen LogP contribution in [-0.2, 0) is 19.1 Å². The molecule has 1 unspecified atom stereocenters. The van der Waals surface area contributed by atoms with Crippen LogP contribution < -0.4 is 0 Å². The van der Waals surface area contributed by atoms with Gasteiger partial charge in [0, 0.05) is 0 Å². The van der Waals surface area contributed by atoms with Crippen LogP contribution in [0.3, 0.4) is 0 Å². The number of cyclic esters (lactones) is 1. The number of amides is 2. The predicted octanol–water partition coefficient (Wildman–Crippen LogP) is -0.00730. The second-order valence-electron chi connectivity index (χ2n) is 4.54. The highest BCUT2D eigenvalue weighted by molar-refractivity contribution is 5.94. The lowest BCUT2D eigenvalue weighted by atomic mass is 10.2. The highest BCUT2D eigenvalue weighted by atomic mass is 16.6.